The van der Waals surface area contributed by atoms with Crippen LogP contribution in [0, 0.1) is 34.6 Å². The van der Waals surface area contributed by atoms with Crippen LogP contribution in [-0.2, 0) is 0 Å². The van der Waals surface area contributed by atoms with E-state index >= 15 is 0 Å². The van der Waals surface area contributed by atoms with Gasteiger partial charge in [0.05, 0.1) is 17.6 Å². The summed E-state index contributed by atoms with van der Waals surface area (Å²) in [6, 6.07) is 109. The Bertz CT molecular complexity index is 8770. The largest absolute Gasteiger partial charge is 0.456 e. The van der Waals surface area contributed by atoms with Crippen molar-refractivity contribution in [2.24, 2.45) is 0 Å². The molecule has 640 valence electrons. The number of aryl methyl sites for hydroxylation is 5. The highest BCUT2D eigenvalue weighted by atomic mass is 16.4. The predicted molar refractivity (Wildman–Crippen MR) is 540 cm³/mol. The number of furan rings is 10. The molecule has 30 rings (SSSR count). The van der Waals surface area contributed by atoms with Gasteiger partial charge < -0.3 is 44.2 Å². The van der Waals surface area contributed by atoms with Gasteiger partial charge in [0.1, 0.15) is 83.6 Å². The Labute approximate surface area is 765 Å². The average Bonchev–Trinajstić information content (AvgIpc) is 1.63. The summed E-state index contributed by atoms with van der Waals surface area (Å²) in [6.45, 7) is 10.3. The molecule has 17 heteroatoms. The number of rotatable bonds is 5. The van der Waals surface area contributed by atoms with E-state index in [0.717, 1.165) is 242 Å². The van der Waals surface area contributed by atoms with Gasteiger partial charge in [-0.3, -0.25) is 4.98 Å². The van der Waals surface area contributed by atoms with Crippen LogP contribution in [0.15, 0.2) is 397 Å². The van der Waals surface area contributed by atoms with Crippen molar-refractivity contribution in [1.29, 1.82) is 0 Å². The van der Waals surface area contributed by atoms with Gasteiger partial charge >= 0.3 is 0 Å². The molecule has 0 saturated heterocycles. The fourth-order valence-corrected chi connectivity index (χ4v) is 18.9. The van der Waals surface area contributed by atoms with E-state index in [9.17, 15) is 0 Å². The molecule has 0 aliphatic carbocycles. The van der Waals surface area contributed by atoms with Crippen molar-refractivity contribution in [3.8, 4) is 55.9 Å². The molecule has 0 fully saturated rings. The Kier molecular flexibility index (Phi) is 18.0. The van der Waals surface area contributed by atoms with Gasteiger partial charge in [0.2, 0.25) is 22.9 Å². The SMILES string of the molecule is Cc1ccc2oc3ccc(-c4ccc5oc6ccccc6c5c4)cc3c2c1.Cc1ccc2oc3ccc(-c4ccc5oc6ccccc6c5c4)nc3c2n1.Cc1ccc2oc3ncc(-c4cc5c(cn4)oc4ccccc45)cc3c2c1.Cc1ccc2oc3ncc(-c4ccc5oc6ccccc6c5c4)cc3c2c1.Cc1ccc2oc3ncc(-c4ccc5oc6ncccc6c5c4)cc3c2c1. The van der Waals surface area contributed by atoms with Crippen LogP contribution in [0.4, 0.5) is 0 Å². The Morgan fingerprint density at radius 1 is 0.163 bits per heavy atom. The smallest absolute Gasteiger partial charge is 0.227 e. The van der Waals surface area contributed by atoms with Gasteiger partial charge in [0.25, 0.3) is 0 Å². The van der Waals surface area contributed by atoms with Crippen molar-refractivity contribution in [3.05, 3.63) is 380 Å². The number of para-hydroxylation sites is 4. The summed E-state index contributed by atoms with van der Waals surface area (Å²) in [6.07, 6.45) is 9.08. The first-order valence-electron chi connectivity index (χ1n) is 44.6. The lowest BCUT2D eigenvalue weighted by molar-refractivity contribution is 0.653. The minimum absolute atomic E-state index is 0.647. The Balaban J connectivity index is 0.0000000878. The van der Waals surface area contributed by atoms with E-state index in [0.29, 0.717) is 22.9 Å². The first kappa shape index (κ1) is 78.0. The molecule has 17 nitrogen and oxygen atoms in total. The number of hydrogen-bond acceptors (Lipinski definition) is 17. The molecule has 135 heavy (non-hydrogen) atoms. The molecule has 0 aliphatic heterocycles. The fourth-order valence-electron chi connectivity index (χ4n) is 18.9. The topological polar surface area (TPSA) is 222 Å². The van der Waals surface area contributed by atoms with E-state index in [2.05, 4.69) is 221 Å². The molecule has 13 aromatic carbocycles. The third kappa shape index (κ3) is 13.7. The third-order valence-corrected chi connectivity index (χ3v) is 25.6. The lowest BCUT2D eigenvalue weighted by Gasteiger charge is -2.02. The molecular weight excluding hydrogens is 1680 g/mol. The summed E-state index contributed by atoms with van der Waals surface area (Å²) in [5.74, 6) is 0. The molecule has 0 aliphatic rings. The summed E-state index contributed by atoms with van der Waals surface area (Å²) in [7, 11) is 0. The van der Waals surface area contributed by atoms with Crippen molar-refractivity contribution >= 4 is 220 Å². The summed E-state index contributed by atoms with van der Waals surface area (Å²) in [5, 5.41) is 19.7. The summed E-state index contributed by atoms with van der Waals surface area (Å²) < 4.78 is 59.0. The van der Waals surface area contributed by atoms with E-state index in [-0.39, 0.29) is 0 Å². The van der Waals surface area contributed by atoms with Crippen LogP contribution in [0.25, 0.3) is 276 Å². The van der Waals surface area contributed by atoms with Gasteiger partial charge in [0.15, 0.2) is 16.7 Å². The monoisotopic (exact) mass is 1750 g/mol. The molecular formula is C118H73N7O10. The van der Waals surface area contributed by atoms with Crippen molar-refractivity contribution in [3.63, 3.8) is 0 Å². The second-order valence-electron chi connectivity index (χ2n) is 34.6. The molecule has 0 unspecified atom stereocenters. The number of benzene rings is 13. The lowest BCUT2D eigenvalue weighted by Crippen LogP contribution is -1.85. The molecule has 0 bridgehead atoms. The van der Waals surface area contributed by atoms with E-state index in [4.69, 9.17) is 49.2 Å². The zero-order valence-corrected chi connectivity index (χ0v) is 73.2. The van der Waals surface area contributed by atoms with E-state index < -0.39 is 0 Å². The zero-order valence-electron chi connectivity index (χ0n) is 73.2. The highest BCUT2D eigenvalue weighted by molar-refractivity contribution is 6.15. The van der Waals surface area contributed by atoms with Crippen LogP contribution in [0.3, 0.4) is 0 Å². The normalized spacial score (nSPS) is 11.9. The molecule has 17 heterocycles. The minimum Gasteiger partial charge on any atom is -0.456 e. The number of fused-ring (bicyclic) bond motifs is 30. The van der Waals surface area contributed by atoms with Gasteiger partial charge in [-0.15, -0.1) is 0 Å². The van der Waals surface area contributed by atoms with E-state index in [1.165, 1.54) is 38.8 Å². The second kappa shape index (κ2) is 31.1. The Morgan fingerprint density at radius 3 is 0.904 bits per heavy atom. The molecule has 0 amide bonds. The third-order valence-electron chi connectivity index (χ3n) is 25.6. The maximum Gasteiger partial charge on any atom is 0.227 e. The van der Waals surface area contributed by atoms with Crippen LogP contribution < -0.4 is 0 Å². The van der Waals surface area contributed by atoms with E-state index in [1.54, 1.807) is 12.4 Å². The van der Waals surface area contributed by atoms with Gasteiger partial charge in [-0.25, -0.2) is 29.9 Å². The fraction of sp³-hybridized carbons (Fsp3) is 0.0424. The molecule has 0 atom stereocenters. The summed E-state index contributed by atoms with van der Waals surface area (Å²) in [4.78, 5) is 32.0. The predicted octanol–water partition coefficient (Wildman–Crippen LogP) is 33.1. The maximum absolute atomic E-state index is 6.00. The molecule has 30 aromatic rings. The number of hydrogen-bond donors (Lipinski definition) is 0. The van der Waals surface area contributed by atoms with Gasteiger partial charge in [-0.05, 0) is 257 Å². The standard InChI is InChI=1S/C25H16O2.C24H15NO2.3C23H14N2O2/c1-15-6-9-23-19(12-15)21-14-17(8-11-25(21)27-23)16-7-10-24-20(13-16)18-4-2-3-5-22(18)26-24;1-14-6-8-23-18(10-14)20-12-16(13-25-24(20)27-23)15-7-9-22-19(11-15)17-4-2-3-5-21(17)26-22;1-13-4-6-20-17(9-13)19-11-15(12-25-23(19)27-20)14-5-7-21-18(10-14)16-3-2-8-24-22(16)26-21;1-13-6-9-20-22(24-13)23-21(27-20)11-8-17(25-23)14-7-10-19-16(12-14)15-4-2-3-5-18(15)26-19;1-13-6-7-21-16(8-13)18-9-14(11-25-23(18)27-21)19-10-17-15-4-2-3-5-20(15)26-22(17)12-24-19/h2-14H,1H3;2-13H,1H3;3*2-12H,1H3. The van der Waals surface area contributed by atoms with Crippen molar-refractivity contribution in [1.82, 2.24) is 34.9 Å². The lowest BCUT2D eigenvalue weighted by atomic mass is 10.0. The first-order valence-corrected chi connectivity index (χ1v) is 44.6. The van der Waals surface area contributed by atoms with Crippen molar-refractivity contribution in [2.75, 3.05) is 0 Å². The maximum atomic E-state index is 6.00. The molecule has 0 saturated carbocycles. The highest BCUT2D eigenvalue weighted by Crippen LogP contribution is 2.44. The summed E-state index contributed by atoms with van der Waals surface area (Å²) >= 11 is 0. The van der Waals surface area contributed by atoms with Crippen molar-refractivity contribution < 1.29 is 44.2 Å². The van der Waals surface area contributed by atoms with Crippen LogP contribution in [-0.4, -0.2) is 34.9 Å². The Morgan fingerprint density at radius 2 is 0.452 bits per heavy atom. The number of aromatic nitrogens is 7. The molecule has 0 radical (unpaired) electrons. The Hall–Kier alpha value is -18.1. The molecule has 17 aromatic heterocycles. The quantitative estimate of drug-likeness (QED) is 0.156. The van der Waals surface area contributed by atoms with Crippen LogP contribution in [0.1, 0.15) is 27.9 Å². The molecule has 0 spiro atoms. The van der Waals surface area contributed by atoms with Crippen LogP contribution in [0.5, 0.6) is 0 Å². The van der Waals surface area contributed by atoms with E-state index in [1.807, 2.05) is 183 Å². The van der Waals surface area contributed by atoms with Crippen LogP contribution >= 0.6 is 0 Å². The zero-order chi connectivity index (χ0) is 89.8. The highest BCUT2D eigenvalue weighted by Gasteiger charge is 2.21. The minimum atomic E-state index is 0.647. The number of pyridine rings is 7. The first-order chi connectivity index (χ1) is 66.3. The van der Waals surface area contributed by atoms with Crippen molar-refractivity contribution in [2.45, 2.75) is 34.6 Å². The number of nitrogens with zero attached hydrogens (tertiary/aromatic N) is 7. The van der Waals surface area contributed by atoms with Gasteiger partial charge in [-0.2, -0.15) is 0 Å². The average molecular weight is 1750 g/mol. The van der Waals surface area contributed by atoms with Crippen LogP contribution in [0.2, 0.25) is 0 Å². The summed E-state index contributed by atoms with van der Waals surface area (Å²) in [5.41, 5.74) is 34.4. The van der Waals surface area contributed by atoms with Gasteiger partial charge in [0, 0.05) is 150 Å². The molecule has 0 N–H and O–H groups in total. The van der Waals surface area contributed by atoms with Gasteiger partial charge in [-0.1, -0.05) is 144 Å². The second-order valence-corrected chi connectivity index (χ2v) is 34.6.